The summed E-state index contributed by atoms with van der Waals surface area (Å²) in [5.41, 5.74) is -1.05. The maximum atomic E-state index is 12.9. The van der Waals surface area contributed by atoms with Crippen molar-refractivity contribution in [2.75, 3.05) is 6.54 Å². The van der Waals surface area contributed by atoms with E-state index in [-0.39, 0.29) is 18.1 Å². The minimum Gasteiger partial charge on any atom is -0.480 e. The Morgan fingerprint density at radius 3 is 2.25 bits per heavy atom. The number of aliphatic carboxylic acids is 1. The smallest absolute Gasteiger partial charge is 0.329 e. The summed E-state index contributed by atoms with van der Waals surface area (Å²) in [6.07, 6.45) is 5.47. The van der Waals surface area contributed by atoms with Crippen LogP contribution in [0, 0.1) is 0 Å². The fourth-order valence-corrected chi connectivity index (χ4v) is 3.59. The lowest BCUT2D eigenvalue weighted by molar-refractivity contribution is -0.151. The summed E-state index contributed by atoms with van der Waals surface area (Å²) in [6.45, 7) is 6.37. The van der Waals surface area contributed by atoms with Crippen LogP contribution in [0.5, 0.6) is 0 Å². The van der Waals surface area contributed by atoms with Crippen molar-refractivity contribution in [1.29, 1.82) is 0 Å². The number of hydrogen-bond acceptors (Lipinski definition) is 2. The van der Waals surface area contributed by atoms with E-state index < -0.39 is 11.5 Å². The molecule has 0 bridgehead atoms. The molecular weight excluding hydrogens is 256 g/mol. The molecule has 0 saturated carbocycles. The zero-order valence-corrected chi connectivity index (χ0v) is 12.8. The number of piperidine rings is 2. The number of carbonyl (C=O) groups excluding carboxylic acids is 1. The molecule has 1 N–H and O–H groups in total. The highest BCUT2D eigenvalue weighted by molar-refractivity contribution is 5.86. The molecule has 2 saturated heterocycles. The van der Waals surface area contributed by atoms with Crippen LogP contribution in [0.15, 0.2) is 0 Å². The van der Waals surface area contributed by atoms with Crippen LogP contribution in [0.1, 0.15) is 59.3 Å². The van der Waals surface area contributed by atoms with Crippen LogP contribution in [-0.2, 0) is 4.79 Å². The molecule has 3 unspecified atom stereocenters. The summed E-state index contributed by atoms with van der Waals surface area (Å²) in [6, 6.07) is 0.312. The van der Waals surface area contributed by atoms with E-state index in [1.807, 2.05) is 4.90 Å². The number of rotatable bonds is 1. The number of nitrogens with zero attached hydrogens (tertiary/aromatic N) is 2. The Morgan fingerprint density at radius 1 is 1.10 bits per heavy atom. The summed E-state index contributed by atoms with van der Waals surface area (Å²) in [7, 11) is 0. The van der Waals surface area contributed by atoms with Gasteiger partial charge in [-0.1, -0.05) is 0 Å². The molecule has 5 nitrogen and oxygen atoms in total. The minimum absolute atomic E-state index is 0.0886. The van der Waals surface area contributed by atoms with Crippen molar-refractivity contribution in [3.63, 3.8) is 0 Å². The van der Waals surface area contributed by atoms with Crippen molar-refractivity contribution in [2.45, 2.75) is 76.9 Å². The molecule has 2 rings (SSSR count). The van der Waals surface area contributed by atoms with Crippen LogP contribution in [0.4, 0.5) is 4.79 Å². The number of hydrogen-bond donors (Lipinski definition) is 1. The maximum absolute atomic E-state index is 12.9. The van der Waals surface area contributed by atoms with Crippen LogP contribution in [-0.4, -0.2) is 51.1 Å². The minimum atomic E-state index is -1.05. The normalized spacial score (nSPS) is 35.0. The van der Waals surface area contributed by atoms with Crippen LogP contribution in [0.25, 0.3) is 0 Å². The molecular formula is C15H26N2O3. The van der Waals surface area contributed by atoms with E-state index in [4.69, 9.17) is 0 Å². The molecule has 0 aromatic carbocycles. The zero-order chi connectivity index (χ0) is 14.9. The third kappa shape index (κ3) is 2.50. The second-order valence-electron chi connectivity index (χ2n) is 6.51. The van der Waals surface area contributed by atoms with Gasteiger partial charge in [0.15, 0.2) is 0 Å². The number of amides is 2. The molecule has 2 fully saturated rings. The van der Waals surface area contributed by atoms with Gasteiger partial charge >= 0.3 is 12.0 Å². The van der Waals surface area contributed by atoms with Gasteiger partial charge in [-0.25, -0.2) is 9.59 Å². The van der Waals surface area contributed by atoms with Gasteiger partial charge in [0.05, 0.1) is 0 Å². The number of carboxylic acid groups (broad SMARTS) is 1. The van der Waals surface area contributed by atoms with Gasteiger partial charge in [0.25, 0.3) is 0 Å². The molecule has 0 aliphatic carbocycles. The molecule has 0 spiro atoms. The summed E-state index contributed by atoms with van der Waals surface area (Å²) in [5, 5.41) is 9.53. The summed E-state index contributed by atoms with van der Waals surface area (Å²) in [4.78, 5) is 28.0. The van der Waals surface area contributed by atoms with E-state index in [0.29, 0.717) is 13.0 Å². The van der Waals surface area contributed by atoms with Crippen molar-refractivity contribution in [3.05, 3.63) is 0 Å². The molecule has 2 aliphatic heterocycles. The lowest BCUT2D eigenvalue weighted by Gasteiger charge is -2.48. The van der Waals surface area contributed by atoms with Gasteiger partial charge < -0.3 is 14.9 Å². The van der Waals surface area contributed by atoms with E-state index in [9.17, 15) is 14.7 Å². The Hall–Kier alpha value is -1.26. The van der Waals surface area contributed by atoms with Gasteiger partial charge in [-0.05, 0) is 59.3 Å². The summed E-state index contributed by atoms with van der Waals surface area (Å²) in [5.74, 6) is -0.886. The van der Waals surface area contributed by atoms with Gasteiger partial charge in [-0.15, -0.1) is 0 Å². The predicted octanol–water partition coefficient (Wildman–Crippen LogP) is 2.70. The van der Waals surface area contributed by atoms with Crippen LogP contribution < -0.4 is 0 Å². The van der Waals surface area contributed by atoms with E-state index >= 15 is 0 Å². The van der Waals surface area contributed by atoms with Crippen molar-refractivity contribution >= 4 is 12.0 Å². The van der Waals surface area contributed by atoms with Gasteiger partial charge in [0.2, 0.25) is 0 Å². The van der Waals surface area contributed by atoms with Crippen LogP contribution in [0.2, 0.25) is 0 Å². The quantitative estimate of drug-likeness (QED) is 0.804. The molecule has 2 aliphatic rings. The van der Waals surface area contributed by atoms with Gasteiger partial charge in [0.1, 0.15) is 5.54 Å². The Morgan fingerprint density at radius 2 is 1.70 bits per heavy atom. The zero-order valence-electron chi connectivity index (χ0n) is 12.8. The maximum Gasteiger partial charge on any atom is 0.329 e. The number of urea groups is 1. The van der Waals surface area contributed by atoms with Crippen molar-refractivity contribution in [1.82, 2.24) is 9.80 Å². The molecule has 2 amide bonds. The van der Waals surface area contributed by atoms with E-state index in [1.54, 1.807) is 11.8 Å². The van der Waals surface area contributed by atoms with Crippen molar-refractivity contribution in [2.24, 2.45) is 0 Å². The second kappa shape index (κ2) is 5.62. The molecule has 114 valence electrons. The highest BCUT2D eigenvalue weighted by atomic mass is 16.4. The molecule has 20 heavy (non-hydrogen) atoms. The first-order valence-electron chi connectivity index (χ1n) is 7.71. The topological polar surface area (TPSA) is 60.9 Å². The molecule has 0 radical (unpaired) electrons. The average molecular weight is 282 g/mol. The van der Waals surface area contributed by atoms with Gasteiger partial charge in [-0.2, -0.15) is 0 Å². The van der Waals surface area contributed by atoms with Crippen LogP contribution in [0.3, 0.4) is 0 Å². The second-order valence-corrected chi connectivity index (χ2v) is 6.51. The molecule has 0 aromatic heterocycles. The lowest BCUT2D eigenvalue weighted by atomic mass is 9.88. The van der Waals surface area contributed by atoms with Crippen LogP contribution >= 0.6 is 0 Å². The largest absolute Gasteiger partial charge is 0.480 e. The lowest BCUT2D eigenvalue weighted by Crippen LogP contribution is -2.63. The number of carbonyl (C=O) groups is 2. The van der Waals surface area contributed by atoms with Crippen molar-refractivity contribution < 1.29 is 14.7 Å². The van der Waals surface area contributed by atoms with Crippen molar-refractivity contribution in [3.8, 4) is 0 Å². The first kappa shape index (κ1) is 15.1. The summed E-state index contributed by atoms with van der Waals surface area (Å²) >= 11 is 0. The Labute approximate surface area is 120 Å². The number of carboxylic acids is 1. The average Bonchev–Trinajstić information content (AvgIpc) is 2.38. The number of likely N-dealkylation sites (tertiary alicyclic amines) is 2. The predicted molar refractivity (Wildman–Crippen MR) is 76.6 cm³/mol. The SMILES string of the molecule is CC1CCCC(C)N1C(=O)N1CCCCC1(C)C(=O)O. The monoisotopic (exact) mass is 282 g/mol. The summed E-state index contributed by atoms with van der Waals surface area (Å²) < 4.78 is 0. The van der Waals surface area contributed by atoms with E-state index in [2.05, 4.69) is 13.8 Å². The molecule has 2 heterocycles. The molecule has 5 heteroatoms. The highest BCUT2D eigenvalue weighted by Gasteiger charge is 2.46. The molecule has 3 atom stereocenters. The first-order valence-corrected chi connectivity index (χ1v) is 7.71. The first-order chi connectivity index (χ1) is 9.38. The molecule has 0 aromatic rings. The Balaban J connectivity index is 2.23. The Bertz CT molecular complexity index is 389. The third-order valence-corrected chi connectivity index (χ3v) is 5.00. The van der Waals surface area contributed by atoms with Gasteiger partial charge in [0, 0.05) is 18.6 Å². The highest BCUT2D eigenvalue weighted by Crippen LogP contribution is 2.32. The fraction of sp³-hybridized carbons (Fsp3) is 0.867. The standard InChI is InChI=1S/C15H26N2O3/c1-11-7-6-8-12(2)17(11)14(20)16-10-5-4-9-15(16,3)13(18)19/h11-12H,4-10H2,1-3H3,(H,18,19). The van der Waals surface area contributed by atoms with E-state index in [0.717, 1.165) is 32.1 Å². The third-order valence-electron chi connectivity index (χ3n) is 5.00. The van der Waals surface area contributed by atoms with Gasteiger partial charge in [-0.3, -0.25) is 0 Å². The van der Waals surface area contributed by atoms with E-state index in [1.165, 1.54) is 0 Å². The fourth-order valence-electron chi connectivity index (χ4n) is 3.59. The Kier molecular flexibility index (Phi) is 4.25.